The lowest BCUT2D eigenvalue weighted by Crippen LogP contribution is -2.01. The molecule has 0 saturated heterocycles. The summed E-state index contributed by atoms with van der Waals surface area (Å²) in [6, 6.07) is 11.6. The third kappa shape index (κ3) is 3.93. The van der Waals surface area contributed by atoms with Crippen molar-refractivity contribution in [2.75, 3.05) is 5.43 Å². The summed E-state index contributed by atoms with van der Waals surface area (Å²) in [5.41, 5.74) is 4.70. The van der Waals surface area contributed by atoms with Crippen molar-refractivity contribution in [3.8, 4) is 0 Å². The molecule has 2 rings (SSSR count). The highest BCUT2D eigenvalue weighted by Gasteiger charge is 2.13. The predicted octanol–water partition coefficient (Wildman–Crippen LogP) is 4.74. The average Bonchev–Trinajstić information content (AvgIpc) is 2.46. The Morgan fingerprint density at radius 2 is 1.86 bits per heavy atom. The molecule has 0 bridgehead atoms. The van der Waals surface area contributed by atoms with E-state index >= 15 is 0 Å². The molecule has 2 aromatic carbocycles. The molecule has 0 fully saturated rings. The molecule has 2 aromatic rings. The van der Waals surface area contributed by atoms with Gasteiger partial charge in [0.2, 0.25) is 0 Å². The Balaban J connectivity index is 2.21. The fourth-order valence-electron chi connectivity index (χ4n) is 1.62. The van der Waals surface area contributed by atoms with Crippen molar-refractivity contribution in [3.63, 3.8) is 0 Å². The van der Waals surface area contributed by atoms with Crippen LogP contribution in [0.2, 0.25) is 10.0 Å². The molecular weight excluding hydrogens is 313 g/mol. The second-order valence-corrected chi connectivity index (χ2v) is 5.08. The lowest BCUT2D eigenvalue weighted by Gasteiger charge is -2.04. The van der Waals surface area contributed by atoms with Crippen LogP contribution in [0, 0.1) is 10.1 Å². The van der Waals surface area contributed by atoms with Crippen molar-refractivity contribution in [3.05, 3.63) is 68.2 Å². The Hall–Kier alpha value is -2.11. The predicted molar refractivity (Wildman–Crippen MR) is 85.4 cm³/mol. The van der Waals surface area contributed by atoms with Crippen molar-refractivity contribution >= 4 is 40.3 Å². The van der Waals surface area contributed by atoms with Crippen molar-refractivity contribution in [2.45, 2.75) is 6.92 Å². The van der Waals surface area contributed by atoms with Crippen LogP contribution in [0.15, 0.2) is 47.6 Å². The molecule has 0 saturated carbocycles. The van der Waals surface area contributed by atoms with Crippen molar-refractivity contribution in [2.24, 2.45) is 5.10 Å². The number of hydrogen-bond donors (Lipinski definition) is 1. The van der Waals surface area contributed by atoms with E-state index in [1.165, 1.54) is 12.1 Å². The second kappa shape index (κ2) is 6.56. The van der Waals surface area contributed by atoms with Crippen LogP contribution in [-0.4, -0.2) is 10.6 Å². The smallest absolute Gasteiger partial charge is 0.278 e. The van der Waals surface area contributed by atoms with E-state index in [-0.39, 0.29) is 10.7 Å². The Labute approximate surface area is 131 Å². The molecule has 0 aromatic heterocycles. The van der Waals surface area contributed by atoms with E-state index in [1.807, 2.05) is 0 Å². The second-order valence-electron chi connectivity index (χ2n) is 4.24. The minimum absolute atomic E-state index is 0.0993. The number of nitrogens with one attached hydrogen (secondary N) is 1. The van der Waals surface area contributed by atoms with Gasteiger partial charge in [-0.25, -0.2) is 0 Å². The molecule has 5 nitrogen and oxygen atoms in total. The maximum Gasteiger partial charge on any atom is 0.288 e. The highest BCUT2D eigenvalue weighted by molar-refractivity contribution is 6.32. The third-order valence-electron chi connectivity index (χ3n) is 2.76. The summed E-state index contributed by atoms with van der Waals surface area (Å²) < 4.78 is 0. The standard InChI is InChI=1S/C14H11Cl2N3O2/c1-9(17-18-12-5-3-11(15)4-6-12)10-2-7-13(16)14(8-10)19(20)21/h2-8,18H,1H3/b17-9+. The molecule has 1 N–H and O–H groups in total. The van der Waals surface area contributed by atoms with Gasteiger partial charge in [0.1, 0.15) is 5.02 Å². The number of rotatable bonds is 4. The van der Waals surface area contributed by atoms with Crippen LogP contribution in [0.5, 0.6) is 0 Å². The highest BCUT2D eigenvalue weighted by Crippen LogP contribution is 2.25. The number of hydrazone groups is 1. The van der Waals surface area contributed by atoms with Gasteiger partial charge in [-0.3, -0.25) is 15.5 Å². The van der Waals surface area contributed by atoms with Crippen LogP contribution in [0.25, 0.3) is 0 Å². The molecule has 0 aliphatic heterocycles. The molecule has 0 spiro atoms. The molecule has 0 amide bonds. The number of nitro groups is 1. The van der Waals surface area contributed by atoms with Gasteiger partial charge in [-0.2, -0.15) is 5.10 Å². The molecule has 0 radical (unpaired) electrons. The maximum absolute atomic E-state index is 10.9. The first-order valence-corrected chi connectivity index (χ1v) is 6.73. The summed E-state index contributed by atoms with van der Waals surface area (Å²) in [7, 11) is 0. The Bertz CT molecular complexity index is 700. The van der Waals surface area contributed by atoms with Crippen LogP contribution >= 0.6 is 23.2 Å². The van der Waals surface area contributed by atoms with E-state index in [4.69, 9.17) is 23.2 Å². The first-order valence-electron chi connectivity index (χ1n) is 5.97. The maximum atomic E-state index is 10.9. The zero-order valence-electron chi connectivity index (χ0n) is 11.0. The van der Waals surface area contributed by atoms with E-state index in [0.29, 0.717) is 16.3 Å². The molecule has 0 heterocycles. The summed E-state index contributed by atoms with van der Waals surface area (Å²) in [4.78, 5) is 10.3. The SMILES string of the molecule is C/C(=N\Nc1ccc(Cl)cc1)c1ccc(Cl)c([N+](=O)[O-])c1. The van der Waals surface area contributed by atoms with Gasteiger partial charge in [0, 0.05) is 16.7 Å². The molecule has 108 valence electrons. The molecule has 21 heavy (non-hydrogen) atoms. The van der Waals surface area contributed by atoms with Gasteiger partial charge in [-0.1, -0.05) is 29.3 Å². The molecule has 0 aliphatic rings. The summed E-state index contributed by atoms with van der Waals surface area (Å²) in [6.45, 7) is 1.75. The quantitative estimate of drug-likeness (QED) is 0.502. The topological polar surface area (TPSA) is 67.5 Å². The van der Waals surface area contributed by atoms with Gasteiger partial charge < -0.3 is 0 Å². The fraction of sp³-hybridized carbons (Fsp3) is 0.0714. The summed E-state index contributed by atoms with van der Waals surface area (Å²) in [6.07, 6.45) is 0. The van der Waals surface area contributed by atoms with Crippen LogP contribution < -0.4 is 5.43 Å². The normalized spacial score (nSPS) is 11.3. The molecule has 0 atom stereocenters. The number of halogens is 2. The van der Waals surface area contributed by atoms with Crippen LogP contribution in [-0.2, 0) is 0 Å². The summed E-state index contributed by atoms with van der Waals surface area (Å²) in [5, 5.41) is 15.8. The summed E-state index contributed by atoms with van der Waals surface area (Å²) in [5.74, 6) is 0. The Kier molecular flexibility index (Phi) is 4.77. The first kappa shape index (κ1) is 15.3. The van der Waals surface area contributed by atoms with E-state index < -0.39 is 4.92 Å². The van der Waals surface area contributed by atoms with Gasteiger partial charge in [0.05, 0.1) is 16.3 Å². The minimum Gasteiger partial charge on any atom is -0.278 e. The van der Waals surface area contributed by atoms with Gasteiger partial charge in [-0.15, -0.1) is 0 Å². The lowest BCUT2D eigenvalue weighted by atomic mass is 10.1. The lowest BCUT2D eigenvalue weighted by molar-refractivity contribution is -0.384. The minimum atomic E-state index is -0.522. The van der Waals surface area contributed by atoms with E-state index in [0.717, 1.165) is 5.69 Å². The average molecular weight is 324 g/mol. The van der Waals surface area contributed by atoms with Crippen LogP contribution in [0.4, 0.5) is 11.4 Å². The highest BCUT2D eigenvalue weighted by atomic mass is 35.5. The molecule has 0 unspecified atom stereocenters. The van der Waals surface area contributed by atoms with Crippen molar-refractivity contribution in [1.29, 1.82) is 0 Å². The van der Waals surface area contributed by atoms with E-state index in [2.05, 4.69) is 10.5 Å². The zero-order chi connectivity index (χ0) is 15.4. The Morgan fingerprint density at radius 3 is 2.48 bits per heavy atom. The number of nitro benzene ring substituents is 1. The van der Waals surface area contributed by atoms with Gasteiger partial charge in [0.15, 0.2) is 0 Å². The zero-order valence-corrected chi connectivity index (χ0v) is 12.5. The monoisotopic (exact) mass is 323 g/mol. The van der Waals surface area contributed by atoms with Crippen LogP contribution in [0.3, 0.4) is 0 Å². The van der Waals surface area contributed by atoms with E-state index in [1.54, 1.807) is 37.3 Å². The fourth-order valence-corrected chi connectivity index (χ4v) is 1.93. The molecule has 0 aliphatic carbocycles. The number of anilines is 1. The van der Waals surface area contributed by atoms with E-state index in [9.17, 15) is 10.1 Å². The van der Waals surface area contributed by atoms with Gasteiger partial charge >= 0.3 is 0 Å². The van der Waals surface area contributed by atoms with Gasteiger partial charge in [-0.05, 0) is 37.3 Å². The largest absolute Gasteiger partial charge is 0.288 e. The number of nitrogens with zero attached hydrogens (tertiary/aromatic N) is 2. The molecule has 7 heteroatoms. The van der Waals surface area contributed by atoms with Crippen molar-refractivity contribution in [1.82, 2.24) is 0 Å². The Morgan fingerprint density at radius 1 is 1.19 bits per heavy atom. The van der Waals surface area contributed by atoms with Gasteiger partial charge in [0.25, 0.3) is 5.69 Å². The third-order valence-corrected chi connectivity index (χ3v) is 3.33. The molecular formula is C14H11Cl2N3O2. The van der Waals surface area contributed by atoms with Crippen molar-refractivity contribution < 1.29 is 4.92 Å². The number of hydrogen-bond acceptors (Lipinski definition) is 4. The van der Waals surface area contributed by atoms with Crippen LogP contribution in [0.1, 0.15) is 12.5 Å². The first-order chi connectivity index (χ1) is 9.97. The summed E-state index contributed by atoms with van der Waals surface area (Å²) >= 11 is 11.6. The number of benzene rings is 2.